The minimum atomic E-state index is -1.35. The quantitative estimate of drug-likeness (QED) is 0.529. The van der Waals surface area contributed by atoms with Gasteiger partial charge in [-0.3, -0.25) is 4.79 Å². The molecular weight excluding hydrogens is 406 g/mol. The molecule has 0 saturated carbocycles. The van der Waals surface area contributed by atoms with Crippen molar-refractivity contribution in [2.45, 2.75) is 19.3 Å². The van der Waals surface area contributed by atoms with Crippen LogP contribution in [0.1, 0.15) is 27.9 Å². The summed E-state index contributed by atoms with van der Waals surface area (Å²) in [6, 6.07) is 24.3. The number of hydrogen-bond acceptors (Lipinski definition) is 5. The number of amides is 1. The third-order valence-electron chi connectivity index (χ3n) is 5.29. The van der Waals surface area contributed by atoms with Crippen LogP contribution in [0.25, 0.3) is 0 Å². The van der Waals surface area contributed by atoms with Crippen molar-refractivity contribution < 1.29 is 24.6 Å². The molecule has 32 heavy (non-hydrogen) atoms. The van der Waals surface area contributed by atoms with E-state index < -0.39 is 23.8 Å². The number of rotatable bonds is 10. The van der Waals surface area contributed by atoms with Gasteiger partial charge < -0.3 is 25.1 Å². The van der Waals surface area contributed by atoms with Gasteiger partial charge in [-0.05, 0) is 48.1 Å². The zero-order chi connectivity index (χ0) is 22.9. The lowest BCUT2D eigenvalue weighted by molar-refractivity contribution is -0.312. The van der Waals surface area contributed by atoms with Gasteiger partial charge in [0.25, 0.3) is 0 Å². The van der Waals surface area contributed by atoms with Gasteiger partial charge in [0.15, 0.2) is 0 Å². The summed E-state index contributed by atoms with van der Waals surface area (Å²) in [5, 5.41) is 25.7. The molecule has 3 rings (SSSR count). The highest BCUT2D eigenvalue weighted by molar-refractivity contribution is 5.95. The molecule has 0 unspecified atom stereocenters. The van der Waals surface area contributed by atoms with Gasteiger partial charge in [0.2, 0.25) is 5.91 Å². The van der Waals surface area contributed by atoms with E-state index in [0.717, 1.165) is 11.1 Å². The second kappa shape index (κ2) is 10.9. The largest absolute Gasteiger partial charge is 0.550 e. The Morgan fingerprint density at radius 2 is 1.28 bits per heavy atom. The number of carboxylic acid groups (broad SMARTS) is 2. The number of benzene rings is 3. The second-order valence-electron chi connectivity index (χ2n) is 7.69. The van der Waals surface area contributed by atoms with E-state index in [9.17, 15) is 24.6 Å². The smallest absolute Gasteiger partial charge is 0.227 e. The van der Waals surface area contributed by atoms with Crippen molar-refractivity contribution in [3.8, 4) is 0 Å². The van der Waals surface area contributed by atoms with Crippen LogP contribution in [0.2, 0.25) is 0 Å². The molecule has 2 atom stereocenters. The van der Waals surface area contributed by atoms with Crippen molar-refractivity contribution in [2.24, 2.45) is 11.8 Å². The molecule has 0 saturated heterocycles. The standard InChI is InChI=1S/C26H25NO5/c28-24(27-23-13-7-12-20(17-23)25(29)30)21(14-18-8-3-1-4-9-18)16-22(26(31)32)15-19-10-5-2-6-11-19/h1-13,17,21-22H,14-16H2,(H,27,28)(H,29,30)(H,31,32)/p-2/t21-,22-/m0/s1. The molecule has 0 bridgehead atoms. The van der Waals surface area contributed by atoms with Gasteiger partial charge in [0.05, 0.1) is 5.97 Å². The SMILES string of the molecule is O=C([O-])c1cccc(NC(=O)[C@@H](Cc2ccccc2)C[C@H](Cc2ccccc2)C(=O)[O-])c1. The number of aliphatic carboxylic acids is 1. The number of nitrogens with one attached hydrogen (secondary N) is 1. The fraction of sp³-hybridized carbons (Fsp3) is 0.192. The summed E-state index contributed by atoms with van der Waals surface area (Å²) < 4.78 is 0. The van der Waals surface area contributed by atoms with E-state index in [2.05, 4.69) is 5.32 Å². The molecule has 164 valence electrons. The summed E-state index contributed by atoms with van der Waals surface area (Å²) >= 11 is 0. The summed E-state index contributed by atoms with van der Waals surface area (Å²) in [5.41, 5.74) is 2.00. The first-order chi connectivity index (χ1) is 15.4. The van der Waals surface area contributed by atoms with E-state index in [1.165, 1.54) is 18.2 Å². The zero-order valence-corrected chi connectivity index (χ0v) is 17.4. The molecule has 3 aromatic rings. The van der Waals surface area contributed by atoms with E-state index in [1.807, 2.05) is 60.7 Å². The Bertz CT molecular complexity index is 1070. The molecule has 0 aromatic heterocycles. The second-order valence-corrected chi connectivity index (χ2v) is 7.69. The number of carbonyl (C=O) groups excluding carboxylic acids is 3. The number of hydrogen-bond donors (Lipinski definition) is 1. The Balaban J connectivity index is 1.81. The zero-order valence-electron chi connectivity index (χ0n) is 17.4. The van der Waals surface area contributed by atoms with Gasteiger partial charge >= 0.3 is 0 Å². The molecule has 6 heteroatoms. The monoisotopic (exact) mass is 429 g/mol. The van der Waals surface area contributed by atoms with E-state index in [0.29, 0.717) is 12.1 Å². The summed E-state index contributed by atoms with van der Waals surface area (Å²) in [5.74, 6) is -4.45. The minimum absolute atomic E-state index is 0.0564. The Labute approximate surface area is 186 Å². The highest BCUT2D eigenvalue weighted by Gasteiger charge is 2.25. The van der Waals surface area contributed by atoms with E-state index >= 15 is 0 Å². The summed E-state index contributed by atoms with van der Waals surface area (Å²) in [6.07, 6.45) is 0.672. The van der Waals surface area contributed by atoms with Gasteiger partial charge in [0, 0.05) is 23.5 Å². The van der Waals surface area contributed by atoms with Gasteiger partial charge in [-0.25, -0.2) is 0 Å². The molecule has 0 radical (unpaired) electrons. The highest BCUT2D eigenvalue weighted by atomic mass is 16.4. The van der Waals surface area contributed by atoms with Crippen LogP contribution in [0.4, 0.5) is 5.69 Å². The minimum Gasteiger partial charge on any atom is -0.550 e. The van der Waals surface area contributed by atoms with Crippen molar-refractivity contribution in [1.29, 1.82) is 0 Å². The van der Waals surface area contributed by atoms with Crippen molar-refractivity contribution >= 4 is 23.5 Å². The first kappa shape index (κ1) is 22.7. The van der Waals surface area contributed by atoms with Gasteiger partial charge in [-0.2, -0.15) is 0 Å². The maximum atomic E-state index is 13.1. The lowest BCUT2D eigenvalue weighted by atomic mass is 9.85. The van der Waals surface area contributed by atoms with Crippen molar-refractivity contribution in [2.75, 3.05) is 5.32 Å². The Morgan fingerprint density at radius 3 is 1.81 bits per heavy atom. The van der Waals surface area contributed by atoms with Crippen LogP contribution in [-0.2, 0) is 22.4 Å². The molecule has 0 aliphatic rings. The van der Waals surface area contributed by atoms with Gasteiger partial charge in [-0.1, -0.05) is 72.8 Å². The van der Waals surface area contributed by atoms with E-state index in [-0.39, 0.29) is 24.3 Å². The predicted molar refractivity (Wildman–Crippen MR) is 116 cm³/mol. The fourth-order valence-corrected chi connectivity index (χ4v) is 3.65. The molecule has 0 fully saturated rings. The lowest BCUT2D eigenvalue weighted by Crippen LogP contribution is -2.37. The number of carbonyl (C=O) groups is 3. The Kier molecular flexibility index (Phi) is 7.75. The van der Waals surface area contributed by atoms with Crippen LogP contribution in [0.15, 0.2) is 84.9 Å². The fourth-order valence-electron chi connectivity index (χ4n) is 3.65. The first-order valence-corrected chi connectivity index (χ1v) is 10.3. The summed E-state index contributed by atoms with van der Waals surface area (Å²) in [4.78, 5) is 36.1. The van der Waals surface area contributed by atoms with E-state index in [4.69, 9.17) is 0 Å². The van der Waals surface area contributed by atoms with Crippen LogP contribution in [-0.4, -0.2) is 17.8 Å². The lowest BCUT2D eigenvalue weighted by Gasteiger charge is -2.24. The molecule has 0 spiro atoms. The topological polar surface area (TPSA) is 109 Å². The van der Waals surface area contributed by atoms with Crippen LogP contribution in [0.5, 0.6) is 0 Å². The highest BCUT2D eigenvalue weighted by Crippen LogP contribution is 2.23. The normalized spacial score (nSPS) is 12.5. The first-order valence-electron chi connectivity index (χ1n) is 10.3. The Morgan fingerprint density at radius 1 is 0.719 bits per heavy atom. The average Bonchev–Trinajstić information content (AvgIpc) is 2.79. The predicted octanol–water partition coefficient (Wildman–Crippen LogP) is 1.85. The molecule has 6 nitrogen and oxygen atoms in total. The van der Waals surface area contributed by atoms with Crippen LogP contribution < -0.4 is 15.5 Å². The molecular formula is C26H23NO5-2. The molecule has 0 heterocycles. The van der Waals surface area contributed by atoms with Crippen molar-refractivity contribution in [3.63, 3.8) is 0 Å². The van der Waals surface area contributed by atoms with E-state index in [1.54, 1.807) is 6.07 Å². The number of aromatic carboxylic acids is 1. The molecule has 1 amide bonds. The van der Waals surface area contributed by atoms with Crippen molar-refractivity contribution in [1.82, 2.24) is 0 Å². The summed E-state index contributed by atoms with van der Waals surface area (Å²) in [6.45, 7) is 0. The molecule has 1 N–H and O–H groups in total. The number of anilines is 1. The van der Waals surface area contributed by atoms with Crippen LogP contribution in [0, 0.1) is 11.8 Å². The molecule has 0 aliphatic carbocycles. The van der Waals surface area contributed by atoms with Gasteiger partial charge in [-0.15, -0.1) is 0 Å². The third-order valence-corrected chi connectivity index (χ3v) is 5.29. The van der Waals surface area contributed by atoms with Crippen molar-refractivity contribution in [3.05, 3.63) is 102 Å². The maximum absolute atomic E-state index is 13.1. The van der Waals surface area contributed by atoms with Crippen LogP contribution >= 0.6 is 0 Å². The maximum Gasteiger partial charge on any atom is 0.227 e. The molecule has 3 aromatic carbocycles. The third kappa shape index (κ3) is 6.54. The number of carboxylic acids is 2. The Hall–Kier alpha value is -3.93. The van der Waals surface area contributed by atoms with Gasteiger partial charge in [0.1, 0.15) is 0 Å². The summed E-state index contributed by atoms with van der Waals surface area (Å²) in [7, 11) is 0. The molecule has 0 aliphatic heterocycles. The average molecular weight is 429 g/mol. The van der Waals surface area contributed by atoms with Crippen LogP contribution in [0.3, 0.4) is 0 Å².